The Balaban J connectivity index is 1.55. The van der Waals surface area contributed by atoms with Gasteiger partial charge in [-0.15, -0.1) is 0 Å². The summed E-state index contributed by atoms with van der Waals surface area (Å²) in [6.45, 7) is 1.94. The second kappa shape index (κ2) is 7.89. The van der Waals surface area contributed by atoms with Crippen LogP contribution in [-0.4, -0.2) is 40.9 Å². The van der Waals surface area contributed by atoms with E-state index in [4.69, 9.17) is 4.74 Å². The van der Waals surface area contributed by atoms with E-state index in [1.54, 1.807) is 0 Å². The van der Waals surface area contributed by atoms with Gasteiger partial charge < -0.3 is 20.5 Å². The lowest BCUT2D eigenvalue weighted by Gasteiger charge is -2.23. The largest absolute Gasteiger partial charge is 0.387 e. The molecule has 2 heterocycles. The summed E-state index contributed by atoms with van der Waals surface area (Å²) >= 11 is 0. The highest BCUT2D eigenvalue weighted by Crippen LogP contribution is 2.16. The summed E-state index contributed by atoms with van der Waals surface area (Å²) in [5.41, 5.74) is 0.881. The number of aromatic nitrogens is 2. The minimum Gasteiger partial charge on any atom is -0.387 e. The number of aliphatic hydroxyl groups excluding tert-OH is 1. The zero-order chi connectivity index (χ0) is 15.9. The van der Waals surface area contributed by atoms with E-state index in [1.165, 1.54) is 6.33 Å². The zero-order valence-corrected chi connectivity index (χ0v) is 13.0. The Bertz CT molecular complexity index is 603. The quantitative estimate of drug-likeness (QED) is 0.759. The summed E-state index contributed by atoms with van der Waals surface area (Å²) in [6.07, 6.45) is 3.09. The van der Waals surface area contributed by atoms with Crippen LogP contribution in [0.5, 0.6) is 0 Å². The van der Waals surface area contributed by atoms with Crippen LogP contribution in [0.2, 0.25) is 0 Å². The number of anilines is 2. The molecule has 1 aliphatic heterocycles. The molecule has 6 nitrogen and oxygen atoms in total. The number of aliphatic hydroxyl groups is 1. The van der Waals surface area contributed by atoms with Crippen LogP contribution < -0.4 is 10.6 Å². The van der Waals surface area contributed by atoms with E-state index in [9.17, 15) is 5.11 Å². The lowest BCUT2D eigenvalue weighted by atomic mass is 10.1. The molecule has 2 aromatic rings. The summed E-state index contributed by atoms with van der Waals surface area (Å²) < 4.78 is 5.46. The van der Waals surface area contributed by atoms with E-state index in [1.807, 2.05) is 36.4 Å². The third-order valence-electron chi connectivity index (χ3n) is 3.84. The normalized spacial score (nSPS) is 19.1. The Morgan fingerprint density at radius 3 is 2.83 bits per heavy atom. The molecule has 0 saturated carbocycles. The summed E-state index contributed by atoms with van der Waals surface area (Å²) in [6, 6.07) is 11.7. The second-order valence-electron chi connectivity index (χ2n) is 5.65. The van der Waals surface area contributed by atoms with E-state index in [0.29, 0.717) is 25.0 Å². The highest BCUT2D eigenvalue weighted by atomic mass is 16.5. The van der Waals surface area contributed by atoms with Crippen molar-refractivity contribution in [2.75, 3.05) is 30.4 Å². The molecule has 2 atom stereocenters. The van der Waals surface area contributed by atoms with Crippen molar-refractivity contribution in [2.24, 2.45) is 0 Å². The Morgan fingerprint density at radius 1 is 1.22 bits per heavy atom. The van der Waals surface area contributed by atoms with Crippen molar-refractivity contribution in [3.05, 3.63) is 48.3 Å². The predicted octanol–water partition coefficient (Wildman–Crippen LogP) is 2.21. The van der Waals surface area contributed by atoms with Gasteiger partial charge in [-0.05, 0) is 18.4 Å². The summed E-state index contributed by atoms with van der Waals surface area (Å²) in [7, 11) is 0. The molecule has 1 aromatic heterocycles. The average molecular weight is 314 g/mol. The van der Waals surface area contributed by atoms with Crippen LogP contribution in [0.25, 0.3) is 0 Å². The highest BCUT2D eigenvalue weighted by Gasteiger charge is 2.14. The number of hydrogen-bond donors (Lipinski definition) is 3. The molecule has 0 aliphatic carbocycles. The van der Waals surface area contributed by atoms with Crippen molar-refractivity contribution in [3.8, 4) is 0 Å². The van der Waals surface area contributed by atoms with Crippen LogP contribution in [-0.2, 0) is 4.74 Å². The standard InChI is InChI=1S/C17H22N4O2/c22-15(13-5-2-1-3-6-13)10-18-16-9-17(20-12-19-16)21-14-7-4-8-23-11-14/h1-3,5-6,9,12,14-15,22H,4,7-8,10-11H2,(H2,18,19,20,21)/t14-,15+/m0/s1. The summed E-state index contributed by atoms with van der Waals surface area (Å²) in [4.78, 5) is 8.43. The van der Waals surface area contributed by atoms with Gasteiger partial charge in [0.25, 0.3) is 0 Å². The first-order valence-electron chi connectivity index (χ1n) is 7.94. The van der Waals surface area contributed by atoms with Crippen molar-refractivity contribution in [1.82, 2.24) is 9.97 Å². The van der Waals surface area contributed by atoms with Crippen LogP contribution in [0.1, 0.15) is 24.5 Å². The van der Waals surface area contributed by atoms with Crippen molar-refractivity contribution in [2.45, 2.75) is 25.0 Å². The maximum absolute atomic E-state index is 10.2. The highest BCUT2D eigenvalue weighted by molar-refractivity contribution is 5.47. The molecular formula is C17H22N4O2. The molecule has 0 radical (unpaired) electrons. The minimum absolute atomic E-state index is 0.293. The van der Waals surface area contributed by atoms with Gasteiger partial charge in [-0.1, -0.05) is 30.3 Å². The molecule has 122 valence electrons. The van der Waals surface area contributed by atoms with Gasteiger partial charge in [-0.2, -0.15) is 0 Å². The van der Waals surface area contributed by atoms with Crippen LogP contribution in [0.4, 0.5) is 11.6 Å². The molecule has 1 aliphatic rings. The van der Waals surface area contributed by atoms with E-state index in [0.717, 1.165) is 30.8 Å². The van der Waals surface area contributed by atoms with Gasteiger partial charge in [-0.3, -0.25) is 0 Å². The smallest absolute Gasteiger partial charge is 0.131 e. The van der Waals surface area contributed by atoms with Crippen LogP contribution in [0, 0.1) is 0 Å². The lowest BCUT2D eigenvalue weighted by molar-refractivity contribution is 0.0875. The Kier molecular flexibility index (Phi) is 5.39. The fourth-order valence-electron chi connectivity index (χ4n) is 2.59. The topological polar surface area (TPSA) is 79.3 Å². The maximum atomic E-state index is 10.2. The first kappa shape index (κ1) is 15.7. The number of nitrogens with zero attached hydrogens (tertiary/aromatic N) is 2. The van der Waals surface area contributed by atoms with Crippen molar-refractivity contribution >= 4 is 11.6 Å². The third-order valence-corrected chi connectivity index (χ3v) is 3.84. The van der Waals surface area contributed by atoms with Crippen LogP contribution in [0.15, 0.2) is 42.7 Å². The molecule has 1 aromatic carbocycles. The SMILES string of the molecule is O[C@H](CNc1cc(N[C@H]2CCCOC2)ncn1)c1ccccc1. The van der Waals surface area contributed by atoms with Crippen molar-refractivity contribution in [1.29, 1.82) is 0 Å². The van der Waals surface area contributed by atoms with Crippen molar-refractivity contribution in [3.63, 3.8) is 0 Å². The monoisotopic (exact) mass is 314 g/mol. The molecule has 1 fully saturated rings. The number of rotatable bonds is 6. The number of hydrogen-bond acceptors (Lipinski definition) is 6. The Morgan fingerprint density at radius 2 is 2.04 bits per heavy atom. The lowest BCUT2D eigenvalue weighted by Crippen LogP contribution is -2.30. The number of nitrogens with one attached hydrogen (secondary N) is 2. The zero-order valence-electron chi connectivity index (χ0n) is 13.0. The summed E-state index contributed by atoms with van der Waals surface area (Å²) in [5, 5.41) is 16.7. The van der Waals surface area contributed by atoms with E-state index >= 15 is 0 Å². The van der Waals surface area contributed by atoms with E-state index in [-0.39, 0.29) is 0 Å². The predicted molar refractivity (Wildman–Crippen MR) is 89.4 cm³/mol. The number of ether oxygens (including phenoxy) is 1. The Labute approximate surface area is 135 Å². The molecule has 3 N–H and O–H groups in total. The molecule has 0 amide bonds. The van der Waals surface area contributed by atoms with Gasteiger partial charge in [0.2, 0.25) is 0 Å². The molecule has 0 bridgehead atoms. The van der Waals surface area contributed by atoms with E-state index < -0.39 is 6.10 Å². The van der Waals surface area contributed by atoms with Gasteiger partial charge in [0.05, 0.1) is 18.8 Å². The molecule has 0 unspecified atom stereocenters. The van der Waals surface area contributed by atoms with Crippen LogP contribution >= 0.6 is 0 Å². The third kappa shape index (κ3) is 4.64. The van der Waals surface area contributed by atoms with Crippen LogP contribution in [0.3, 0.4) is 0 Å². The first-order valence-corrected chi connectivity index (χ1v) is 7.94. The summed E-state index contributed by atoms with van der Waals surface area (Å²) in [5.74, 6) is 1.46. The van der Waals surface area contributed by atoms with Gasteiger partial charge in [0, 0.05) is 19.2 Å². The van der Waals surface area contributed by atoms with Gasteiger partial charge in [0.15, 0.2) is 0 Å². The molecule has 6 heteroatoms. The Hall–Kier alpha value is -2.18. The molecular weight excluding hydrogens is 292 g/mol. The van der Waals surface area contributed by atoms with Gasteiger partial charge in [0.1, 0.15) is 18.0 Å². The van der Waals surface area contributed by atoms with E-state index in [2.05, 4.69) is 20.6 Å². The fourth-order valence-corrected chi connectivity index (χ4v) is 2.59. The van der Waals surface area contributed by atoms with Crippen molar-refractivity contribution < 1.29 is 9.84 Å². The number of benzene rings is 1. The molecule has 23 heavy (non-hydrogen) atoms. The van der Waals surface area contributed by atoms with Gasteiger partial charge in [-0.25, -0.2) is 9.97 Å². The second-order valence-corrected chi connectivity index (χ2v) is 5.65. The maximum Gasteiger partial charge on any atom is 0.131 e. The minimum atomic E-state index is -0.575. The van der Waals surface area contributed by atoms with Gasteiger partial charge >= 0.3 is 0 Å². The fraction of sp³-hybridized carbons (Fsp3) is 0.412. The average Bonchev–Trinajstić information content (AvgIpc) is 2.62. The molecule has 0 spiro atoms. The first-order chi connectivity index (χ1) is 11.3. The molecule has 3 rings (SSSR count). The molecule has 1 saturated heterocycles.